The van der Waals surface area contributed by atoms with E-state index in [1.165, 1.54) is 5.56 Å². The van der Waals surface area contributed by atoms with Gasteiger partial charge in [0.05, 0.1) is 24.5 Å². The summed E-state index contributed by atoms with van der Waals surface area (Å²) in [7, 11) is 1.70. The van der Waals surface area contributed by atoms with Gasteiger partial charge in [-0.2, -0.15) is 0 Å². The van der Waals surface area contributed by atoms with Crippen LogP contribution in [0.3, 0.4) is 0 Å². The third kappa shape index (κ3) is 1.92. The number of nitrogens with two attached hydrogens (primary N) is 1. The molecule has 0 atom stereocenters. The molecule has 3 rings (SSSR count). The van der Waals surface area contributed by atoms with Crippen molar-refractivity contribution in [3.05, 3.63) is 35.3 Å². The molecule has 0 saturated heterocycles. The fraction of sp³-hybridized carbons (Fsp3) is 0.400. The highest BCUT2D eigenvalue weighted by Crippen LogP contribution is 2.41. The zero-order valence-corrected chi connectivity index (χ0v) is 11.6. The van der Waals surface area contributed by atoms with Crippen molar-refractivity contribution in [2.24, 2.45) is 5.73 Å². The van der Waals surface area contributed by atoms with Gasteiger partial charge in [0.15, 0.2) is 0 Å². The smallest absolute Gasteiger partial charge is 0.126 e. The monoisotopic (exact) mass is 257 g/mol. The quantitative estimate of drug-likeness (QED) is 0.888. The molecule has 1 aliphatic carbocycles. The molecule has 0 spiro atoms. The van der Waals surface area contributed by atoms with Gasteiger partial charge in [-0.15, -0.1) is 0 Å². The van der Waals surface area contributed by atoms with Crippen molar-refractivity contribution in [3.8, 4) is 17.0 Å². The van der Waals surface area contributed by atoms with E-state index >= 15 is 0 Å². The van der Waals surface area contributed by atoms with Crippen LogP contribution in [0.15, 0.2) is 18.3 Å². The predicted octanol–water partition coefficient (Wildman–Crippen LogP) is 2.65. The van der Waals surface area contributed by atoms with Gasteiger partial charge in [-0.1, -0.05) is 0 Å². The van der Waals surface area contributed by atoms with Gasteiger partial charge in [-0.05, 0) is 49.9 Å². The number of methoxy groups -OCH3 is 1. The van der Waals surface area contributed by atoms with Crippen LogP contribution in [0.25, 0.3) is 11.3 Å². The Morgan fingerprint density at radius 1 is 1.26 bits per heavy atom. The van der Waals surface area contributed by atoms with E-state index in [9.17, 15) is 0 Å². The largest absolute Gasteiger partial charge is 0.496 e. The Hall–Kier alpha value is -1.81. The molecule has 0 bridgehead atoms. The van der Waals surface area contributed by atoms with Crippen LogP contribution in [-0.4, -0.2) is 17.1 Å². The molecule has 1 aromatic carbocycles. The van der Waals surface area contributed by atoms with Gasteiger partial charge in [0, 0.05) is 5.56 Å². The summed E-state index contributed by atoms with van der Waals surface area (Å²) in [6.07, 6.45) is 3.90. The molecule has 0 amide bonds. The second kappa shape index (κ2) is 4.10. The minimum absolute atomic E-state index is 0.215. The summed E-state index contributed by atoms with van der Waals surface area (Å²) < 4.78 is 5.34. The first-order valence-corrected chi connectivity index (χ1v) is 6.54. The van der Waals surface area contributed by atoms with Crippen LogP contribution in [-0.2, 0) is 5.54 Å². The lowest BCUT2D eigenvalue weighted by Gasteiger charge is -2.11. The van der Waals surface area contributed by atoms with Crippen molar-refractivity contribution in [2.75, 3.05) is 7.11 Å². The van der Waals surface area contributed by atoms with Gasteiger partial charge >= 0.3 is 0 Å². The Morgan fingerprint density at radius 3 is 2.63 bits per heavy atom. The predicted molar refractivity (Wildman–Crippen MR) is 75.1 cm³/mol. The van der Waals surface area contributed by atoms with E-state index in [0.29, 0.717) is 0 Å². The van der Waals surface area contributed by atoms with E-state index in [0.717, 1.165) is 41.2 Å². The highest BCUT2D eigenvalue weighted by molar-refractivity contribution is 5.67. The third-order valence-electron chi connectivity index (χ3n) is 4.08. The van der Waals surface area contributed by atoms with E-state index in [-0.39, 0.29) is 5.54 Å². The van der Waals surface area contributed by atoms with Crippen molar-refractivity contribution >= 4 is 0 Å². The van der Waals surface area contributed by atoms with Gasteiger partial charge in [-0.25, -0.2) is 4.98 Å². The molecule has 100 valence electrons. The molecule has 1 aromatic heterocycles. The van der Waals surface area contributed by atoms with E-state index in [1.807, 2.05) is 12.3 Å². The number of aromatic nitrogens is 2. The minimum atomic E-state index is -0.215. The molecular formula is C15H19N3O. The van der Waals surface area contributed by atoms with Crippen molar-refractivity contribution in [1.29, 1.82) is 0 Å². The normalized spacial score (nSPS) is 16.4. The molecule has 0 unspecified atom stereocenters. The summed E-state index contributed by atoms with van der Waals surface area (Å²) in [5, 5.41) is 0. The number of benzene rings is 1. The van der Waals surface area contributed by atoms with Crippen LogP contribution >= 0.6 is 0 Å². The Bertz CT molecular complexity index is 626. The molecule has 19 heavy (non-hydrogen) atoms. The van der Waals surface area contributed by atoms with E-state index in [2.05, 4.69) is 29.9 Å². The fourth-order valence-corrected chi connectivity index (χ4v) is 2.39. The Kier molecular flexibility index (Phi) is 2.64. The third-order valence-corrected chi connectivity index (χ3v) is 4.08. The Labute approximate surface area is 113 Å². The summed E-state index contributed by atoms with van der Waals surface area (Å²) in [6, 6.07) is 4.06. The van der Waals surface area contributed by atoms with E-state index in [4.69, 9.17) is 10.5 Å². The van der Waals surface area contributed by atoms with Crippen LogP contribution in [0.2, 0.25) is 0 Å². The standard InChI is InChI=1S/C15H19N3O/c1-9-10(2)13(19-3)5-4-11(9)12-8-17-14(18-12)15(16)6-7-15/h4-5,8H,6-7,16H2,1-3H3,(H,17,18). The van der Waals surface area contributed by atoms with Gasteiger partial charge in [0.2, 0.25) is 0 Å². The number of nitrogens with zero attached hydrogens (tertiary/aromatic N) is 1. The second-order valence-electron chi connectivity index (χ2n) is 5.37. The maximum absolute atomic E-state index is 6.16. The van der Waals surface area contributed by atoms with Crippen molar-refractivity contribution in [1.82, 2.24) is 9.97 Å². The summed E-state index contributed by atoms with van der Waals surface area (Å²) in [4.78, 5) is 7.79. The lowest BCUT2D eigenvalue weighted by atomic mass is 10.0. The van der Waals surface area contributed by atoms with Crippen molar-refractivity contribution < 1.29 is 4.74 Å². The second-order valence-corrected chi connectivity index (χ2v) is 5.37. The summed E-state index contributed by atoms with van der Waals surface area (Å²) in [6.45, 7) is 4.17. The van der Waals surface area contributed by atoms with Crippen LogP contribution in [0.1, 0.15) is 29.8 Å². The average Bonchev–Trinajstić information content (AvgIpc) is 2.96. The molecule has 1 fully saturated rings. The Balaban J connectivity index is 2.02. The van der Waals surface area contributed by atoms with Crippen LogP contribution in [0.4, 0.5) is 0 Å². The molecule has 1 aliphatic rings. The van der Waals surface area contributed by atoms with E-state index in [1.54, 1.807) is 7.11 Å². The average molecular weight is 257 g/mol. The maximum atomic E-state index is 6.16. The first-order chi connectivity index (χ1) is 9.05. The van der Waals surface area contributed by atoms with Crippen LogP contribution in [0, 0.1) is 13.8 Å². The van der Waals surface area contributed by atoms with Crippen LogP contribution in [0.5, 0.6) is 5.75 Å². The van der Waals surface area contributed by atoms with Crippen LogP contribution < -0.4 is 10.5 Å². The number of rotatable bonds is 3. The Morgan fingerprint density at radius 2 is 2.00 bits per heavy atom. The number of ether oxygens (including phenoxy) is 1. The zero-order chi connectivity index (χ0) is 13.6. The van der Waals surface area contributed by atoms with Gasteiger partial charge in [-0.3, -0.25) is 0 Å². The lowest BCUT2D eigenvalue weighted by molar-refractivity contribution is 0.411. The topological polar surface area (TPSA) is 63.9 Å². The first-order valence-electron chi connectivity index (χ1n) is 6.54. The SMILES string of the molecule is COc1ccc(-c2cnc(C3(N)CC3)[nH]2)c(C)c1C. The summed E-state index contributed by atoms with van der Waals surface area (Å²) >= 11 is 0. The number of hydrogen-bond acceptors (Lipinski definition) is 3. The summed E-state index contributed by atoms with van der Waals surface area (Å²) in [5.41, 5.74) is 10.5. The molecule has 1 saturated carbocycles. The summed E-state index contributed by atoms with van der Waals surface area (Å²) in [5.74, 6) is 1.81. The lowest BCUT2D eigenvalue weighted by Crippen LogP contribution is -2.20. The van der Waals surface area contributed by atoms with Gasteiger partial charge in [0.1, 0.15) is 11.6 Å². The molecule has 3 N–H and O–H groups in total. The number of H-pyrrole nitrogens is 1. The highest BCUT2D eigenvalue weighted by atomic mass is 16.5. The van der Waals surface area contributed by atoms with E-state index < -0.39 is 0 Å². The molecule has 4 nitrogen and oxygen atoms in total. The molecule has 4 heteroatoms. The number of nitrogens with one attached hydrogen (secondary N) is 1. The molecule has 2 aromatic rings. The molecule has 0 aliphatic heterocycles. The van der Waals surface area contributed by atoms with Gasteiger partial charge < -0.3 is 15.5 Å². The number of aromatic amines is 1. The minimum Gasteiger partial charge on any atom is -0.496 e. The fourth-order valence-electron chi connectivity index (χ4n) is 2.39. The number of imidazole rings is 1. The van der Waals surface area contributed by atoms with Crippen molar-refractivity contribution in [2.45, 2.75) is 32.2 Å². The van der Waals surface area contributed by atoms with Gasteiger partial charge in [0.25, 0.3) is 0 Å². The van der Waals surface area contributed by atoms with Crippen molar-refractivity contribution in [3.63, 3.8) is 0 Å². The maximum Gasteiger partial charge on any atom is 0.126 e. The molecular weight excluding hydrogens is 238 g/mol. The zero-order valence-electron chi connectivity index (χ0n) is 11.6. The first kappa shape index (κ1) is 12.2. The molecule has 0 radical (unpaired) electrons. The molecule has 1 heterocycles. The highest BCUT2D eigenvalue weighted by Gasteiger charge is 2.42. The number of hydrogen-bond donors (Lipinski definition) is 2.